The van der Waals surface area contributed by atoms with Gasteiger partial charge in [0.2, 0.25) is 10.0 Å². The minimum absolute atomic E-state index is 0.0949. The molecule has 1 heterocycles. The zero-order valence-corrected chi connectivity index (χ0v) is 18.0. The second kappa shape index (κ2) is 8.76. The Morgan fingerprint density at radius 1 is 0.867 bits per heavy atom. The van der Waals surface area contributed by atoms with E-state index in [0.717, 1.165) is 36.5 Å². The first kappa shape index (κ1) is 20.8. The van der Waals surface area contributed by atoms with Crippen molar-refractivity contribution in [1.29, 1.82) is 0 Å². The molecule has 3 aromatic rings. The van der Waals surface area contributed by atoms with Crippen LogP contribution in [0.15, 0.2) is 65.6 Å². The van der Waals surface area contributed by atoms with Crippen molar-refractivity contribution in [2.45, 2.75) is 30.6 Å². The Bertz CT molecular complexity index is 1190. The lowest BCUT2D eigenvalue weighted by atomic mass is 10.1. The number of carbonyl (C=O) groups excluding carboxylic acids is 1. The summed E-state index contributed by atoms with van der Waals surface area (Å²) in [5, 5.41) is 5.11. The van der Waals surface area contributed by atoms with E-state index < -0.39 is 15.9 Å². The van der Waals surface area contributed by atoms with Gasteiger partial charge in [0, 0.05) is 18.8 Å². The molecule has 0 spiro atoms. The van der Waals surface area contributed by atoms with Crippen molar-refractivity contribution < 1.29 is 13.2 Å². The predicted molar refractivity (Wildman–Crippen MR) is 121 cm³/mol. The number of halogens is 1. The second-order valence-electron chi connectivity index (χ2n) is 7.48. The van der Waals surface area contributed by atoms with E-state index >= 15 is 0 Å². The molecule has 0 aromatic heterocycles. The van der Waals surface area contributed by atoms with Crippen LogP contribution in [0.3, 0.4) is 0 Å². The lowest BCUT2D eigenvalue weighted by Crippen LogP contribution is -2.32. The maximum atomic E-state index is 13.1. The highest BCUT2D eigenvalue weighted by Gasteiger charge is 2.26. The molecule has 0 bridgehead atoms. The summed E-state index contributed by atoms with van der Waals surface area (Å²) < 4.78 is 27.7. The SMILES string of the molecule is O=C(Nc1ccc2ccccc2c1)c1cc(S(=O)(=O)N2CCCCCC2)ccc1Cl. The number of nitrogens with one attached hydrogen (secondary N) is 1. The summed E-state index contributed by atoms with van der Waals surface area (Å²) in [5.41, 5.74) is 0.760. The highest BCUT2D eigenvalue weighted by Crippen LogP contribution is 2.26. The van der Waals surface area contributed by atoms with Gasteiger partial charge in [-0.3, -0.25) is 4.79 Å². The summed E-state index contributed by atoms with van der Waals surface area (Å²) >= 11 is 6.25. The summed E-state index contributed by atoms with van der Waals surface area (Å²) in [6.07, 6.45) is 3.77. The van der Waals surface area contributed by atoms with Crippen molar-refractivity contribution in [2.24, 2.45) is 0 Å². The molecule has 3 aromatic carbocycles. The molecule has 1 saturated heterocycles. The fourth-order valence-electron chi connectivity index (χ4n) is 3.74. The average molecular weight is 443 g/mol. The Hall–Kier alpha value is -2.41. The van der Waals surface area contributed by atoms with Crippen molar-refractivity contribution in [3.05, 3.63) is 71.2 Å². The minimum atomic E-state index is -3.67. The standard InChI is InChI=1S/C23H23ClN2O3S/c24-22-12-11-20(30(28,29)26-13-5-1-2-6-14-26)16-21(22)23(27)25-19-10-9-17-7-3-4-8-18(17)15-19/h3-4,7-12,15-16H,1-2,5-6,13-14H2,(H,25,27). The molecule has 7 heteroatoms. The lowest BCUT2D eigenvalue weighted by Gasteiger charge is -2.20. The molecule has 156 valence electrons. The number of anilines is 1. The van der Waals surface area contributed by atoms with Crippen molar-refractivity contribution in [3.8, 4) is 0 Å². The number of nitrogens with zero attached hydrogens (tertiary/aromatic N) is 1. The van der Waals surface area contributed by atoms with E-state index in [2.05, 4.69) is 5.32 Å². The van der Waals surface area contributed by atoms with Crippen molar-refractivity contribution in [2.75, 3.05) is 18.4 Å². The van der Waals surface area contributed by atoms with Crippen LogP contribution < -0.4 is 5.32 Å². The first-order valence-electron chi connectivity index (χ1n) is 10.0. The van der Waals surface area contributed by atoms with Crippen LogP contribution in [0.1, 0.15) is 36.0 Å². The van der Waals surface area contributed by atoms with E-state index in [0.29, 0.717) is 18.8 Å². The van der Waals surface area contributed by atoms with Gasteiger partial charge in [-0.1, -0.05) is 54.8 Å². The number of benzene rings is 3. The Morgan fingerprint density at radius 3 is 2.30 bits per heavy atom. The number of rotatable bonds is 4. The zero-order chi connectivity index (χ0) is 21.1. The number of hydrogen-bond donors (Lipinski definition) is 1. The second-order valence-corrected chi connectivity index (χ2v) is 9.82. The molecule has 1 fully saturated rings. The molecule has 0 atom stereocenters. The third-order valence-electron chi connectivity index (χ3n) is 5.39. The number of amides is 1. The fraction of sp³-hybridized carbons (Fsp3) is 0.261. The molecule has 30 heavy (non-hydrogen) atoms. The predicted octanol–water partition coefficient (Wildman–Crippen LogP) is 5.31. The normalized spacial score (nSPS) is 15.6. The van der Waals surface area contributed by atoms with Gasteiger partial charge in [-0.05, 0) is 53.9 Å². The van der Waals surface area contributed by atoms with E-state index in [1.54, 1.807) is 0 Å². The van der Waals surface area contributed by atoms with Gasteiger partial charge in [0.1, 0.15) is 0 Å². The molecule has 0 unspecified atom stereocenters. The molecule has 0 radical (unpaired) electrons. The van der Waals surface area contributed by atoms with Crippen molar-refractivity contribution in [1.82, 2.24) is 4.31 Å². The van der Waals surface area contributed by atoms with Gasteiger partial charge < -0.3 is 5.32 Å². The Morgan fingerprint density at radius 2 is 1.57 bits per heavy atom. The quantitative estimate of drug-likeness (QED) is 0.595. The maximum Gasteiger partial charge on any atom is 0.257 e. The first-order chi connectivity index (χ1) is 14.4. The monoisotopic (exact) mass is 442 g/mol. The van der Waals surface area contributed by atoms with Crippen molar-refractivity contribution in [3.63, 3.8) is 0 Å². The lowest BCUT2D eigenvalue weighted by molar-refractivity contribution is 0.102. The average Bonchev–Trinajstić information content (AvgIpc) is 3.04. The summed E-state index contributed by atoms with van der Waals surface area (Å²) in [7, 11) is -3.67. The van der Waals surface area contributed by atoms with E-state index in [-0.39, 0.29) is 15.5 Å². The third-order valence-corrected chi connectivity index (χ3v) is 7.62. The molecule has 1 amide bonds. The van der Waals surface area contributed by atoms with E-state index in [1.807, 2.05) is 42.5 Å². The van der Waals surface area contributed by atoms with Crippen LogP contribution in [-0.2, 0) is 10.0 Å². The third kappa shape index (κ3) is 4.36. The molecule has 5 nitrogen and oxygen atoms in total. The van der Waals surface area contributed by atoms with Crippen molar-refractivity contribution >= 4 is 44.0 Å². The minimum Gasteiger partial charge on any atom is -0.322 e. The maximum absolute atomic E-state index is 13.1. The van der Waals surface area contributed by atoms with E-state index in [4.69, 9.17) is 11.6 Å². The summed E-state index contributed by atoms with van der Waals surface area (Å²) in [6.45, 7) is 1.01. The van der Waals surface area contributed by atoms with Gasteiger partial charge in [-0.15, -0.1) is 0 Å². The molecule has 1 aliphatic heterocycles. The van der Waals surface area contributed by atoms with Crippen LogP contribution in [0.4, 0.5) is 5.69 Å². The number of hydrogen-bond acceptors (Lipinski definition) is 3. The summed E-state index contributed by atoms with van der Waals surface area (Å²) in [5.74, 6) is -0.441. The Kier molecular flexibility index (Phi) is 6.09. The first-order valence-corrected chi connectivity index (χ1v) is 11.9. The summed E-state index contributed by atoms with van der Waals surface area (Å²) in [4.78, 5) is 13.0. The van der Waals surface area contributed by atoms with Gasteiger partial charge in [-0.25, -0.2) is 8.42 Å². The smallest absolute Gasteiger partial charge is 0.257 e. The highest BCUT2D eigenvalue weighted by molar-refractivity contribution is 7.89. The molecule has 1 N–H and O–H groups in total. The van der Waals surface area contributed by atoms with Gasteiger partial charge in [0.05, 0.1) is 15.5 Å². The number of carbonyl (C=O) groups is 1. The number of fused-ring (bicyclic) bond motifs is 1. The van der Waals surface area contributed by atoms with Gasteiger partial charge in [-0.2, -0.15) is 4.31 Å². The van der Waals surface area contributed by atoms with Crippen LogP contribution in [0.2, 0.25) is 5.02 Å². The van der Waals surface area contributed by atoms with Crippen LogP contribution in [-0.4, -0.2) is 31.7 Å². The van der Waals surface area contributed by atoms with Crippen LogP contribution >= 0.6 is 11.6 Å². The molecular weight excluding hydrogens is 420 g/mol. The Balaban J connectivity index is 1.61. The highest BCUT2D eigenvalue weighted by atomic mass is 35.5. The van der Waals surface area contributed by atoms with Crippen LogP contribution in [0, 0.1) is 0 Å². The molecule has 1 aliphatic rings. The molecule has 0 aliphatic carbocycles. The molecular formula is C23H23ClN2O3S. The Labute approximate surface area is 181 Å². The fourth-order valence-corrected chi connectivity index (χ4v) is 5.48. The number of sulfonamides is 1. The largest absolute Gasteiger partial charge is 0.322 e. The summed E-state index contributed by atoms with van der Waals surface area (Å²) in [6, 6.07) is 17.8. The van der Waals surface area contributed by atoms with Crippen LogP contribution in [0.5, 0.6) is 0 Å². The van der Waals surface area contributed by atoms with E-state index in [1.165, 1.54) is 22.5 Å². The van der Waals surface area contributed by atoms with Crippen LogP contribution in [0.25, 0.3) is 10.8 Å². The van der Waals surface area contributed by atoms with Gasteiger partial charge in [0.15, 0.2) is 0 Å². The van der Waals surface area contributed by atoms with E-state index in [9.17, 15) is 13.2 Å². The van der Waals surface area contributed by atoms with Gasteiger partial charge >= 0.3 is 0 Å². The topological polar surface area (TPSA) is 66.5 Å². The zero-order valence-electron chi connectivity index (χ0n) is 16.5. The molecule has 4 rings (SSSR count). The van der Waals surface area contributed by atoms with Gasteiger partial charge in [0.25, 0.3) is 5.91 Å². The molecule has 0 saturated carbocycles.